The van der Waals surface area contributed by atoms with E-state index in [0.29, 0.717) is 0 Å². The van der Waals surface area contributed by atoms with E-state index in [1.165, 1.54) is 27.0 Å². The molecule has 3 rings (SSSR count). The number of hydrogen-bond donors (Lipinski definition) is 2. The number of anilines is 1. The minimum Gasteiger partial charge on any atom is -0.484 e. The summed E-state index contributed by atoms with van der Waals surface area (Å²) >= 11 is 0. The Balaban J connectivity index is 2.09. The average molecular weight is 544 g/mol. The molecule has 1 fully saturated rings. The molecular formula is C24H25F5N4O5. The Kier molecular flexibility index (Phi) is 8.24. The lowest BCUT2D eigenvalue weighted by atomic mass is 9.77. The molecule has 206 valence electrons. The largest absolute Gasteiger partial charge is 0.484 e. The third-order valence-electron chi connectivity index (χ3n) is 6.32. The minimum absolute atomic E-state index is 0.00239. The van der Waals surface area contributed by atoms with E-state index in [1.54, 1.807) is 0 Å². The van der Waals surface area contributed by atoms with Crippen LogP contribution in [0.15, 0.2) is 35.6 Å². The summed E-state index contributed by atoms with van der Waals surface area (Å²) in [7, 11) is 1.26. The number of amides is 2. The van der Waals surface area contributed by atoms with Crippen LogP contribution < -0.4 is 15.8 Å². The van der Waals surface area contributed by atoms with Crippen molar-refractivity contribution >= 4 is 23.2 Å². The second kappa shape index (κ2) is 10.9. The Morgan fingerprint density at radius 3 is 2.55 bits per heavy atom. The van der Waals surface area contributed by atoms with Crippen LogP contribution in [0.1, 0.15) is 42.7 Å². The molecule has 3 N–H and O–H groups in total. The van der Waals surface area contributed by atoms with Crippen LogP contribution in [-0.4, -0.2) is 54.1 Å². The summed E-state index contributed by atoms with van der Waals surface area (Å²) in [6, 6.07) is 4.17. The molecule has 0 radical (unpaired) electrons. The Morgan fingerprint density at radius 2 is 1.95 bits per heavy atom. The van der Waals surface area contributed by atoms with Gasteiger partial charge in [-0.2, -0.15) is 17.6 Å². The number of nitrogens with one attached hydrogen (secondary N) is 1. The lowest BCUT2D eigenvalue weighted by molar-refractivity contribution is -0.272. The number of oxime groups is 1. The molecule has 9 nitrogen and oxygen atoms in total. The number of nitrogens with zero attached hydrogens (tertiary/aromatic N) is 2. The molecule has 0 aliphatic carbocycles. The van der Waals surface area contributed by atoms with E-state index < -0.39 is 58.9 Å². The smallest absolute Gasteiger partial charge is 0.417 e. The molecule has 0 saturated carbocycles. The monoisotopic (exact) mass is 544 g/mol. The molecule has 1 saturated heterocycles. The van der Waals surface area contributed by atoms with Crippen molar-refractivity contribution in [3.63, 3.8) is 0 Å². The molecule has 4 atom stereocenters. The third kappa shape index (κ3) is 5.54. The molecule has 2 amide bonds. The van der Waals surface area contributed by atoms with Gasteiger partial charge < -0.3 is 25.4 Å². The Labute approximate surface area is 214 Å². The molecule has 1 aromatic heterocycles. The fourth-order valence-electron chi connectivity index (χ4n) is 4.19. The van der Waals surface area contributed by atoms with E-state index in [-0.39, 0.29) is 29.3 Å². The van der Waals surface area contributed by atoms with Gasteiger partial charge >= 0.3 is 6.18 Å². The van der Waals surface area contributed by atoms with E-state index >= 15 is 0 Å². The standard InChI is InChI=1S/C24H25F5N4O5/c1-11(33-36-4)10-37-19-14(5-6-15(25)18(19)26)17-12(2)23(3,24(27,28)29)38-20(17)22(35)32-13-7-8-31-16(9-13)21(30)34/h5-9,12,17,20H,10H2,1-4H3,(H2,30,34)(H,31,32,35)/b33-11+/t12-,17-,20+,23+/m0/s1. The van der Waals surface area contributed by atoms with E-state index in [0.717, 1.165) is 31.3 Å². The number of primary amides is 1. The van der Waals surface area contributed by atoms with Crippen LogP contribution in [0.4, 0.5) is 27.6 Å². The summed E-state index contributed by atoms with van der Waals surface area (Å²) in [6.07, 6.45) is -5.60. The zero-order chi connectivity index (χ0) is 28.4. The van der Waals surface area contributed by atoms with Crippen molar-refractivity contribution in [2.45, 2.75) is 44.6 Å². The lowest BCUT2D eigenvalue weighted by Gasteiger charge is -2.32. The number of ether oxygens (including phenoxy) is 2. The van der Waals surface area contributed by atoms with Crippen molar-refractivity contribution < 1.29 is 45.9 Å². The molecular weight excluding hydrogens is 519 g/mol. The first kappa shape index (κ1) is 28.8. The van der Waals surface area contributed by atoms with Crippen molar-refractivity contribution in [2.24, 2.45) is 16.8 Å². The van der Waals surface area contributed by atoms with E-state index in [4.69, 9.17) is 15.2 Å². The van der Waals surface area contributed by atoms with E-state index in [2.05, 4.69) is 20.3 Å². The van der Waals surface area contributed by atoms with Gasteiger partial charge in [-0.25, -0.2) is 4.39 Å². The van der Waals surface area contributed by atoms with E-state index in [1.807, 2.05) is 0 Å². The average Bonchev–Trinajstić information content (AvgIpc) is 3.12. The van der Waals surface area contributed by atoms with Gasteiger partial charge in [-0.05, 0) is 32.0 Å². The maximum Gasteiger partial charge on any atom is 0.417 e. The van der Waals surface area contributed by atoms with Gasteiger partial charge in [0.2, 0.25) is 5.82 Å². The maximum atomic E-state index is 14.9. The van der Waals surface area contributed by atoms with Gasteiger partial charge in [-0.15, -0.1) is 0 Å². The zero-order valence-electron chi connectivity index (χ0n) is 20.7. The highest BCUT2D eigenvalue weighted by Crippen LogP contribution is 2.55. The van der Waals surface area contributed by atoms with E-state index in [9.17, 15) is 31.5 Å². The number of pyridine rings is 1. The second-order valence-corrected chi connectivity index (χ2v) is 8.82. The number of rotatable bonds is 8. The topological polar surface area (TPSA) is 125 Å². The maximum absolute atomic E-state index is 14.9. The number of halogens is 5. The Bertz CT molecular complexity index is 1260. The van der Waals surface area contributed by atoms with Crippen molar-refractivity contribution in [1.29, 1.82) is 0 Å². The minimum atomic E-state index is -4.93. The molecule has 1 aliphatic rings. The molecule has 0 spiro atoms. The number of nitrogens with two attached hydrogens (primary N) is 1. The fourth-order valence-corrected chi connectivity index (χ4v) is 4.19. The van der Waals surface area contributed by atoms with Gasteiger partial charge in [-0.1, -0.05) is 18.1 Å². The highest BCUT2D eigenvalue weighted by atomic mass is 19.4. The third-order valence-corrected chi connectivity index (χ3v) is 6.32. The highest BCUT2D eigenvalue weighted by molar-refractivity contribution is 5.97. The first-order valence-corrected chi connectivity index (χ1v) is 11.2. The van der Waals surface area contributed by atoms with Crippen LogP contribution in [0.3, 0.4) is 0 Å². The van der Waals surface area contributed by atoms with Gasteiger partial charge in [0.1, 0.15) is 25.5 Å². The van der Waals surface area contributed by atoms with Gasteiger partial charge in [0.25, 0.3) is 11.8 Å². The first-order chi connectivity index (χ1) is 17.7. The SMILES string of the molecule is CO/N=C(\C)COc1c([C@H]2[C@H](C(=O)Nc3ccnc(C(N)=O)c3)O[C@@](C)(C(F)(F)F)[C@H]2C)ccc(F)c1F. The van der Waals surface area contributed by atoms with Crippen LogP contribution in [-0.2, 0) is 14.4 Å². The molecule has 1 aromatic carbocycles. The van der Waals surface area contributed by atoms with Crippen molar-refractivity contribution in [2.75, 3.05) is 19.0 Å². The summed E-state index contributed by atoms with van der Waals surface area (Å²) in [5.41, 5.74) is 2.14. The molecule has 2 heterocycles. The quantitative estimate of drug-likeness (QED) is 0.295. The van der Waals surface area contributed by atoms with Crippen molar-refractivity contribution in [3.8, 4) is 5.75 Å². The van der Waals surface area contributed by atoms with Crippen LogP contribution in [0, 0.1) is 17.6 Å². The number of benzene rings is 1. The molecule has 14 heteroatoms. The van der Waals surface area contributed by atoms with Crippen LogP contribution in [0.5, 0.6) is 5.75 Å². The van der Waals surface area contributed by atoms with Crippen LogP contribution >= 0.6 is 0 Å². The lowest BCUT2D eigenvalue weighted by Crippen LogP contribution is -2.47. The zero-order valence-corrected chi connectivity index (χ0v) is 20.7. The molecule has 38 heavy (non-hydrogen) atoms. The molecule has 1 aliphatic heterocycles. The number of alkyl halides is 3. The predicted octanol–water partition coefficient (Wildman–Crippen LogP) is 3.94. The summed E-state index contributed by atoms with van der Waals surface area (Å²) < 4.78 is 82.3. The highest BCUT2D eigenvalue weighted by Gasteiger charge is 2.66. The Morgan fingerprint density at radius 1 is 1.26 bits per heavy atom. The summed E-state index contributed by atoms with van der Waals surface area (Å²) in [4.78, 5) is 33.0. The number of carbonyl (C=O) groups is 2. The molecule has 0 bridgehead atoms. The normalized spacial score (nSPS) is 23.7. The Hall–Kier alpha value is -3.81. The number of hydrogen-bond acceptors (Lipinski definition) is 7. The summed E-state index contributed by atoms with van der Waals surface area (Å²) in [5, 5.41) is 5.98. The fraction of sp³-hybridized carbons (Fsp3) is 0.417. The number of aromatic nitrogens is 1. The summed E-state index contributed by atoms with van der Waals surface area (Å²) in [6.45, 7) is 3.04. The van der Waals surface area contributed by atoms with Crippen LogP contribution in [0.2, 0.25) is 0 Å². The van der Waals surface area contributed by atoms with Gasteiger partial charge in [-0.3, -0.25) is 14.6 Å². The van der Waals surface area contributed by atoms with Crippen LogP contribution in [0.25, 0.3) is 0 Å². The summed E-state index contributed by atoms with van der Waals surface area (Å²) in [5.74, 6) is -8.30. The van der Waals surface area contributed by atoms with Gasteiger partial charge in [0.15, 0.2) is 17.2 Å². The molecule has 2 aromatic rings. The van der Waals surface area contributed by atoms with Crippen molar-refractivity contribution in [3.05, 3.63) is 53.4 Å². The first-order valence-electron chi connectivity index (χ1n) is 11.2. The molecule has 0 unspecified atom stereocenters. The van der Waals surface area contributed by atoms with Gasteiger partial charge in [0, 0.05) is 29.3 Å². The second-order valence-electron chi connectivity index (χ2n) is 8.82. The van der Waals surface area contributed by atoms with Crippen molar-refractivity contribution in [1.82, 2.24) is 4.98 Å². The predicted molar refractivity (Wildman–Crippen MR) is 125 cm³/mol. The van der Waals surface area contributed by atoms with Gasteiger partial charge in [0.05, 0.1) is 5.71 Å². The number of carbonyl (C=O) groups excluding carboxylic acids is 2.